The molecule has 0 atom stereocenters. The molecule has 4 aromatic rings. The van der Waals surface area contributed by atoms with Crippen molar-refractivity contribution >= 4 is 21.9 Å². The monoisotopic (exact) mass is 260 g/mol. The molecule has 0 fully saturated rings. The van der Waals surface area contributed by atoms with E-state index in [0.717, 1.165) is 22.1 Å². The fraction of sp³-hybridized carbons (Fsp3) is 0. The van der Waals surface area contributed by atoms with Gasteiger partial charge >= 0.3 is 0 Å². The summed E-state index contributed by atoms with van der Waals surface area (Å²) in [5, 5.41) is 0.728. The second-order valence-corrected chi connectivity index (χ2v) is 4.76. The molecule has 0 spiro atoms. The van der Waals surface area contributed by atoms with Crippen LogP contribution in [0.2, 0.25) is 0 Å². The van der Waals surface area contributed by atoms with Crippen molar-refractivity contribution in [2.75, 3.05) is 0 Å². The van der Waals surface area contributed by atoms with Gasteiger partial charge < -0.3 is 9.55 Å². The van der Waals surface area contributed by atoms with E-state index in [2.05, 4.69) is 9.55 Å². The molecule has 96 valence electrons. The van der Waals surface area contributed by atoms with Gasteiger partial charge in [0.1, 0.15) is 5.52 Å². The number of para-hydroxylation sites is 2. The van der Waals surface area contributed by atoms with E-state index in [-0.39, 0.29) is 5.43 Å². The summed E-state index contributed by atoms with van der Waals surface area (Å²) < 4.78 is 2.11. The molecule has 2 aromatic heterocycles. The highest BCUT2D eigenvalue weighted by Gasteiger charge is 2.11. The molecular formula is C17H12N2O. The number of H-pyrrole nitrogens is 1. The summed E-state index contributed by atoms with van der Waals surface area (Å²) in [4.78, 5) is 15.5. The summed E-state index contributed by atoms with van der Waals surface area (Å²) in [6, 6.07) is 19.7. The Bertz CT molecular complexity index is 965. The van der Waals surface area contributed by atoms with Crippen LogP contribution in [0.15, 0.2) is 71.7 Å². The van der Waals surface area contributed by atoms with Crippen LogP contribution in [-0.2, 0) is 0 Å². The summed E-state index contributed by atoms with van der Waals surface area (Å²) >= 11 is 0. The van der Waals surface area contributed by atoms with Crippen molar-refractivity contribution in [2.45, 2.75) is 0 Å². The van der Waals surface area contributed by atoms with Crippen LogP contribution in [0.3, 0.4) is 0 Å². The standard InChI is InChI=1S/C17H12N2O/c20-17-13-8-4-5-9-14(13)19(12-6-2-1-3-7-12)15-10-11-18-16(15)17/h1-11,18H. The minimum absolute atomic E-state index is 0.0489. The number of nitrogens with zero attached hydrogens (tertiary/aromatic N) is 1. The Morgan fingerprint density at radius 2 is 1.55 bits per heavy atom. The molecule has 1 N–H and O–H groups in total. The normalized spacial score (nSPS) is 11.2. The van der Waals surface area contributed by atoms with E-state index in [1.165, 1.54) is 0 Å². The van der Waals surface area contributed by atoms with Crippen LogP contribution in [0.5, 0.6) is 0 Å². The predicted molar refractivity (Wildman–Crippen MR) is 81.4 cm³/mol. The molecule has 0 saturated carbocycles. The Hall–Kier alpha value is -2.81. The van der Waals surface area contributed by atoms with Crippen LogP contribution in [0.4, 0.5) is 0 Å². The van der Waals surface area contributed by atoms with Crippen LogP contribution >= 0.6 is 0 Å². The number of aromatic nitrogens is 2. The van der Waals surface area contributed by atoms with Gasteiger partial charge in [-0.05, 0) is 30.3 Å². The summed E-state index contributed by atoms with van der Waals surface area (Å²) in [5.41, 5.74) is 3.57. The molecule has 4 rings (SSSR count). The maximum Gasteiger partial charge on any atom is 0.213 e. The molecule has 0 saturated heterocycles. The van der Waals surface area contributed by atoms with Gasteiger partial charge in [0.15, 0.2) is 0 Å². The Morgan fingerprint density at radius 3 is 2.40 bits per heavy atom. The molecule has 0 aliphatic carbocycles. The smallest absolute Gasteiger partial charge is 0.213 e. The lowest BCUT2D eigenvalue weighted by molar-refractivity contribution is 1.16. The van der Waals surface area contributed by atoms with E-state index < -0.39 is 0 Å². The highest BCUT2D eigenvalue weighted by molar-refractivity contribution is 5.93. The molecule has 0 amide bonds. The van der Waals surface area contributed by atoms with Crippen LogP contribution in [0.1, 0.15) is 0 Å². The van der Waals surface area contributed by atoms with Crippen molar-refractivity contribution < 1.29 is 0 Å². The highest BCUT2D eigenvalue weighted by Crippen LogP contribution is 2.22. The highest BCUT2D eigenvalue weighted by atomic mass is 16.1. The first-order valence-corrected chi connectivity index (χ1v) is 6.52. The molecule has 0 unspecified atom stereocenters. The maximum atomic E-state index is 12.5. The van der Waals surface area contributed by atoms with E-state index in [9.17, 15) is 4.79 Å². The molecule has 2 aromatic carbocycles. The number of hydrogen-bond donors (Lipinski definition) is 1. The number of fused-ring (bicyclic) bond motifs is 2. The molecule has 0 bridgehead atoms. The van der Waals surface area contributed by atoms with Gasteiger partial charge in [0.05, 0.1) is 11.0 Å². The molecule has 20 heavy (non-hydrogen) atoms. The molecule has 0 aliphatic heterocycles. The van der Waals surface area contributed by atoms with Gasteiger partial charge in [-0.25, -0.2) is 0 Å². The predicted octanol–water partition coefficient (Wildman–Crippen LogP) is 3.47. The van der Waals surface area contributed by atoms with Gasteiger partial charge in [-0.15, -0.1) is 0 Å². The summed E-state index contributed by atoms with van der Waals surface area (Å²) in [7, 11) is 0. The molecule has 3 nitrogen and oxygen atoms in total. The Labute approximate surface area is 115 Å². The zero-order valence-corrected chi connectivity index (χ0v) is 10.7. The number of pyridine rings is 1. The average molecular weight is 260 g/mol. The maximum absolute atomic E-state index is 12.5. The first kappa shape index (κ1) is 11.1. The van der Waals surface area contributed by atoms with Gasteiger partial charge in [-0.3, -0.25) is 4.79 Å². The zero-order chi connectivity index (χ0) is 13.5. The Morgan fingerprint density at radius 1 is 0.800 bits per heavy atom. The van der Waals surface area contributed by atoms with Gasteiger partial charge in [-0.1, -0.05) is 30.3 Å². The lowest BCUT2D eigenvalue weighted by Crippen LogP contribution is -2.09. The summed E-state index contributed by atoms with van der Waals surface area (Å²) in [5.74, 6) is 0. The van der Waals surface area contributed by atoms with Crippen molar-refractivity contribution in [3.8, 4) is 5.69 Å². The summed E-state index contributed by atoms with van der Waals surface area (Å²) in [6.07, 6.45) is 1.81. The number of benzene rings is 2. The lowest BCUT2D eigenvalue weighted by atomic mass is 10.1. The molecule has 0 radical (unpaired) electrons. The van der Waals surface area contributed by atoms with Crippen molar-refractivity contribution in [2.24, 2.45) is 0 Å². The zero-order valence-electron chi connectivity index (χ0n) is 10.7. The van der Waals surface area contributed by atoms with Crippen LogP contribution in [-0.4, -0.2) is 9.55 Å². The van der Waals surface area contributed by atoms with Crippen LogP contribution in [0, 0.1) is 0 Å². The quantitative estimate of drug-likeness (QED) is 0.559. The third kappa shape index (κ3) is 1.43. The molecule has 0 aliphatic rings. The fourth-order valence-electron chi connectivity index (χ4n) is 2.71. The van der Waals surface area contributed by atoms with Gasteiger partial charge in [0.2, 0.25) is 5.43 Å². The van der Waals surface area contributed by atoms with Crippen LogP contribution < -0.4 is 5.43 Å². The fourth-order valence-corrected chi connectivity index (χ4v) is 2.71. The van der Waals surface area contributed by atoms with Gasteiger partial charge in [0.25, 0.3) is 0 Å². The third-order valence-electron chi connectivity index (χ3n) is 3.60. The molecule has 3 heteroatoms. The summed E-state index contributed by atoms with van der Waals surface area (Å²) in [6.45, 7) is 0. The van der Waals surface area contributed by atoms with E-state index in [1.54, 1.807) is 0 Å². The van der Waals surface area contributed by atoms with Gasteiger partial charge in [-0.2, -0.15) is 0 Å². The minimum Gasteiger partial charge on any atom is -0.357 e. The van der Waals surface area contributed by atoms with Gasteiger partial charge in [0, 0.05) is 17.3 Å². The van der Waals surface area contributed by atoms with Crippen LogP contribution in [0.25, 0.3) is 27.6 Å². The largest absolute Gasteiger partial charge is 0.357 e. The van der Waals surface area contributed by atoms with E-state index >= 15 is 0 Å². The SMILES string of the molecule is O=c1c2ccccc2n(-c2ccccc2)c2cc[nH]c12. The van der Waals surface area contributed by atoms with E-state index in [1.807, 2.05) is 66.9 Å². The number of aromatic amines is 1. The number of hydrogen-bond acceptors (Lipinski definition) is 1. The Balaban J connectivity index is 2.30. The lowest BCUT2D eigenvalue weighted by Gasteiger charge is -2.12. The third-order valence-corrected chi connectivity index (χ3v) is 3.60. The van der Waals surface area contributed by atoms with E-state index in [0.29, 0.717) is 5.52 Å². The second kappa shape index (κ2) is 4.10. The first-order chi connectivity index (χ1) is 9.86. The van der Waals surface area contributed by atoms with Crippen molar-refractivity contribution in [1.29, 1.82) is 0 Å². The Kier molecular flexibility index (Phi) is 2.27. The van der Waals surface area contributed by atoms with Crippen molar-refractivity contribution in [1.82, 2.24) is 9.55 Å². The number of nitrogens with one attached hydrogen (secondary N) is 1. The number of rotatable bonds is 1. The first-order valence-electron chi connectivity index (χ1n) is 6.52. The molecular weight excluding hydrogens is 248 g/mol. The minimum atomic E-state index is 0.0489. The second-order valence-electron chi connectivity index (χ2n) is 4.76. The topological polar surface area (TPSA) is 37.8 Å². The molecule has 2 heterocycles. The average Bonchev–Trinajstić information content (AvgIpc) is 2.98. The van der Waals surface area contributed by atoms with Crippen molar-refractivity contribution in [3.05, 3.63) is 77.1 Å². The van der Waals surface area contributed by atoms with E-state index in [4.69, 9.17) is 0 Å². The van der Waals surface area contributed by atoms with Crippen molar-refractivity contribution in [3.63, 3.8) is 0 Å².